The van der Waals surface area contributed by atoms with E-state index in [4.69, 9.17) is 18.0 Å². The maximum absolute atomic E-state index is 13.6. The molecule has 0 fully saturated rings. The average Bonchev–Trinajstić information content (AvgIpc) is 3.11. The molecule has 0 saturated heterocycles. The lowest BCUT2D eigenvalue weighted by Gasteiger charge is -2.22. The number of nitrogens with one attached hydrogen (secondary N) is 1. The third-order valence-electron chi connectivity index (χ3n) is 4.51. The lowest BCUT2D eigenvalue weighted by Crippen LogP contribution is -2.44. The van der Waals surface area contributed by atoms with Crippen molar-refractivity contribution in [1.29, 1.82) is 0 Å². The molecule has 2 aromatic heterocycles. The van der Waals surface area contributed by atoms with Crippen LogP contribution in [-0.2, 0) is 6.18 Å². The molecular weight excluding hydrogens is 405 g/mol. The van der Waals surface area contributed by atoms with Gasteiger partial charge in [0.15, 0.2) is 17.0 Å². The Kier molecular flexibility index (Phi) is 5.28. The number of halogens is 4. The first-order chi connectivity index (χ1) is 13.6. The zero-order valence-electron chi connectivity index (χ0n) is 15.5. The first-order valence-corrected chi connectivity index (χ1v) is 8.98. The maximum atomic E-state index is 13.6. The van der Waals surface area contributed by atoms with Gasteiger partial charge >= 0.3 is 6.18 Å². The molecule has 2 heterocycles. The number of benzene rings is 1. The summed E-state index contributed by atoms with van der Waals surface area (Å²) in [4.78, 5) is 16.7. The van der Waals surface area contributed by atoms with E-state index >= 15 is 0 Å². The number of hydrogen-bond acceptors (Lipinski definition) is 3. The Morgan fingerprint density at radius 1 is 1.28 bits per heavy atom. The fraction of sp³-hybridized carbons (Fsp3) is 0.250. The topological polar surface area (TPSA) is 59.3 Å². The van der Waals surface area contributed by atoms with E-state index in [1.165, 1.54) is 6.07 Å². The summed E-state index contributed by atoms with van der Waals surface area (Å²) in [5, 5.41) is 6.87. The van der Waals surface area contributed by atoms with Gasteiger partial charge in [-0.05, 0) is 31.5 Å². The lowest BCUT2D eigenvalue weighted by molar-refractivity contribution is -0.142. The van der Waals surface area contributed by atoms with Crippen LogP contribution in [0.3, 0.4) is 0 Å². The minimum Gasteiger partial charge on any atom is -0.335 e. The summed E-state index contributed by atoms with van der Waals surface area (Å²) in [6, 6.07) is 8.29. The molecule has 0 spiro atoms. The molecule has 3 rings (SSSR count). The minimum absolute atomic E-state index is 0.0790. The van der Waals surface area contributed by atoms with E-state index in [9.17, 15) is 18.0 Å². The van der Waals surface area contributed by atoms with Crippen molar-refractivity contribution in [3.05, 3.63) is 52.8 Å². The molecule has 1 aromatic carbocycles. The third-order valence-corrected chi connectivity index (χ3v) is 4.76. The Hall–Kier alpha value is -3.05. The number of rotatable bonds is 4. The first kappa shape index (κ1) is 20.7. The highest BCUT2D eigenvalue weighted by Crippen LogP contribution is 2.32. The van der Waals surface area contributed by atoms with Crippen LogP contribution in [0.25, 0.3) is 16.9 Å². The largest absolute Gasteiger partial charge is 0.433 e. The van der Waals surface area contributed by atoms with Gasteiger partial charge in [-0.15, -0.1) is 6.42 Å². The molecule has 9 heteroatoms. The summed E-state index contributed by atoms with van der Waals surface area (Å²) in [6.07, 6.45) is 1.16. The quantitative estimate of drug-likeness (QED) is 0.627. The van der Waals surface area contributed by atoms with E-state index in [-0.39, 0.29) is 17.0 Å². The number of terminal acetylenes is 1. The summed E-state index contributed by atoms with van der Waals surface area (Å²) in [6.45, 7) is 3.42. The van der Waals surface area contributed by atoms with E-state index in [0.29, 0.717) is 21.5 Å². The average molecular weight is 421 g/mol. The number of fused-ring (bicyclic) bond motifs is 1. The fourth-order valence-electron chi connectivity index (χ4n) is 2.60. The van der Waals surface area contributed by atoms with E-state index in [2.05, 4.69) is 21.3 Å². The van der Waals surface area contributed by atoms with Gasteiger partial charge in [0.25, 0.3) is 5.91 Å². The van der Waals surface area contributed by atoms with E-state index in [0.717, 1.165) is 6.07 Å². The van der Waals surface area contributed by atoms with Crippen molar-refractivity contribution >= 4 is 23.2 Å². The van der Waals surface area contributed by atoms with Crippen molar-refractivity contribution < 1.29 is 18.0 Å². The molecule has 150 valence electrons. The summed E-state index contributed by atoms with van der Waals surface area (Å²) < 4.78 is 41.5. The lowest BCUT2D eigenvalue weighted by atomic mass is 10.0. The van der Waals surface area contributed by atoms with Crippen LogP contribution >= 0.6 is 11.6 Å². The molecule has 3 aromatic rings. The van der Waals surface area contributed by atoms with Gasteiger partial charge in [-0.1, -0.05) is 36.6 Å². The second-order valence-corrected chi connectivity index (χ2v) is 7.05. The van der Waals surface area contributed by atoms with Crippen LogP contribution in [0.15, 0.2) is 36.4 Å². The molecule has 5 nitrogen and oxygen atoms in total. The Balaban J connectivity index is 2.12. The maximum Gasteiger partial charge on any atom is 0.433 e. The van der Waals surface area contributed by atoms with Crippen molar-refractivity contribution in [3.8, 4) is 23.6 Å². The van der Waals surface area contributed by atoms with Crippen LogP contribution in [0.5, 0.6) is 0 Å². The molecule has 0 aliphatic carbocycles. The van der Waals surface area contributed by atoms with Gasteiger partial charge in [0, 0.05) is 16.7 Å². The third kappa shape index (κ3) is 4.20. The second kappa shape index (κ2) is 7.41. The molecule has 0 unspecified atom stereocenters. The fourth-order valence-corrected chi connectivity index (χ4v) is 2.72. The highest BCUT2D eigenvalue weighted by Gasteiger charge is 2.36. The van der Waals surface area contributed by atoms with Gasteiger partial charge in [-0.25, -0.2) is 9.50 Å². The van der Waals surface area contributed by atoms with Gasteiger partial charge < -0.3 is 5.32 Å². The Morgan fingerprint density at radius 3 is 2.48 bits per heavy atom. The standard InChI is InChI=1S/C20H16ClF3N4O/c1-4-19(3,5-2)26-18(29)15-11-17-25-14(12-6-8-13(21)9-7-12)10-16(20(22,23)24)28(17)27-15/h1,6-11H,5H2,2-3H3,(H,26,29)/t19-/m1/s1. The Morgan fingerprint density at radius 2 is 1.93 bits per heavy atom. The van der Waals surface area contributed by atoms with Crippen molar-refractivity contribution in [2.75, 3.05) is 0 Å². The number of aromatic nitrogens is 3. The van der Waals surface area contributed by atoms with Crippen LogP contribution in [0.1, 0.15) is 36.5 Å². The molecular formula is C20H16ClF3N4O. The number of carbonyl (C=O) groups excluding carboxylic acids is 1. The number of amides is 1. The molecule has 1 atom stereocenters. The van der Waals surface area contributed by atoms with Gasteiger partial charge in [0.2, 0.25) is 0 Å². The molecule has 29 heavy (non-hydrogen) atoms. The minimum atomic E-state index is -4.71. The van der Waals surface area contributed by atoms with Gasteiger partial charge in [-0.2, -0.15) is 18.3 Å². The monoisotopic (exact) mass is 420 g/mol. The predicted molar refractivity (Wildman–Crippen MR) is 103 cm³/mol. The number of hydrogen-bond donors (Lipinski definition) is 1. The van der Waals surface area contributed by atoms with Gasteiger partial charge in [-0.3, -0.25) is 4.79 Å². The summed E-state index contributed by atoms with van der Waals surface area (Å²) in [5.74, 6) is 1.78. The second-order valence-electron chi connectivity index (χ2n) is 6.61. The van der Waals surface area contributed by atoms with E-state index in [1.54, 1.807) is 38.1 Å². The Bertz CT molecular complexity index is 1120. The molecule has 0 aliphatic rings. The summed E-state index contributed by atoms with van der Waals surface area (Å²) >= 11 is 5.84. The van der Waals surface area contributed by atoms with Crippen LogP contribution in [0.2, 0.25) is 5.02 Å². The van der Waals surface area contributed by atoms with Gasteiger partial charge in [0.1, 0.15) is 0 Å². The normalized spacial score (nSPS) is 13.7. The van der Waals surface area contributed by atoms with Gasteiger partial charge in [0.05, 0.1) is 11.2 Å². The number of alkyl halides is 3. The van der Waals surface area contributed by atoms with Crippen LogP contribution in [0.4, 0.5) is 13.2 Å². The number of carbonyl (C=O) groups is 1. The van der Waals surface area contributed by atoms with Crippen LogP contribution in [0, 0.1) is 12.3 Å². The highest BCUT2D eigenvalue weighted by atomic mass is 35.5. The Labute approximate surface area is 169 Å². The summed E-state index contributed by atoms with van der Waals surface area (Å²) in [5.41, 5.74) is -1.81. The zero-order chi connectivity index (χ0) is 21.4. The van der Waals surface area contributed by atoms with Crippen molar-refractivity contribution in [1.82, 2.24) is 19.9 Å². The van der Waals surface area contributed by atoms with Crippen molar-refractivity contribution in [2.45, 2.75) is 32.0 Å². The smallest absolute Gasteiger partial charge is 0.335 e. The molecule has 1 amide bonds. The first-order valence-electron chi connectivity index (χ1n) is 8.60. The zero-order valence-corrected chi connectivity index (χ0v) is 16.3. The molecule has 0 radical (unpaired) electrons. The summed E-state index contributed by atoms with van der Waals surface area (Å²) in [7, 11) is 0. The molecule has 0 bridgehead atoms. The predicted octanol–water partition coefficient (Wildman–Crippen LogP) is 4.60. The molecule has 0 saturated carbocycles. The van der Waals surface area contributed by atoms with E-state index < -0.39 is 23.3 Å². The molecule has 0 aliphatic heterocycles. The SMILES string of the molecule is C#C[C@](C)(CC)NC(=O)c1cc2nc(-c3ccc(Cl)cc3)cc(C(F)(F)F)n2n1. The van der Waals surface area contributed by atoms with Crippen molar-refractivity contribution in [2.24, 2.45) is 0 Å². The van der Waals surface area contributed by atoms with Crippen molar-refractivity contribution in [3.63, 3.8) is 0 Å². The molecule has 1 N–H and O–H groups in total. The highest BCUT2D eigenvalue weighted by molar-refractivity contribution is 6.30. The van der Waals surface area contributed by atoms with Crippen LogP contribution in [-0.4, -0.2) is 26.0 Å². The van der Waals surface area contributed by atoms with Crippen LogP contribution < -0.4 is 5.32 Å². The number of nitrogens with zero attached hydrogens (tertiary/aromatic N) is 3. The van der Waals surface area contributed by atoms with E-state index in [1.807, 2.05) is 0 Å².